The molecule has 0 bridgehead atoms. The topological polar surface area (TPSA) is 50.8 Å². The van der Waals surface area contributed by atoms with Crippen molar-refractivity contribution in [2.24, 2.45) is 0 Å². The highest BCUT2D eigenvalue weighted by atomic mass is 16.5. The van der Waals surface area contributed by atoms with Crippen LogP contribution in [0.2, 0.25) is 0 Å². The second-order valence-electron chi connectivity index (χ2n) is 6.35. The molecule has 2 aliphatic heterocycles. The molecular formula is C18H26N2O3. The molecule has 1 aromatic carbocycles. The van der Waals surface area contributed by atoms with Crippen LogP contribution in [0.4, 0.5) is 0 Å². The van der Waals surface area contributed by atoms with Crippen LogP contribution in [0.1, 0.15) is 38.2 Å². The SMILES string of the molecule is CC(CCN1CCCC1=O)NCc1cccc2c1OCCCO2. The van der Waals surface area contributed by atoms with Crippen LogP contribution in [0.25, 0.3) is 0 Å². The molecule has 1 N–H and O–H groups in total. The van der Waals surface area contributed by atoms with Gasteiger partial charge in [0.2, 0.25) is 5.91 Å². The number of carbonyl (C=O) groups is 1. The summed E-state index contributed by atoms with van der Waals surface area (Å²) in [5, 5.41) is 3.53. The molecular weight excluding hydrogens is 292 g/mol. The summed E-state index contributed by atoms with van der Waals surface area (Å²) in [5.41, 5.74) is 1.13. The zero-order valence-corrected chi connectivity index (χ0v) is 13.8. The second-order valence-corrected chi connectivity index (χ2v) is 6.35. The zero-order chi connectivity index (χ0) is 16.1. The minimum Gasteiger partial charge on any atom is -0.490 e. The average molecular weight is 318 g/mol. The van der Waals surface area contributed by atoms with Crippen LogP contribution < -0.4 is 14.8 Å². The van der Waals surface area contributed by atoms with Crippen molar-refractivity contribution in [3.05, 3.63) is 23.8 Å². The Morgan fingerprint density at radius 1 is 1.26 bits per heavy atom. The highest BCUT2D eigenvalue weighted by molar-refractivity contribution is 5.78. The molecule has 1 saturated heterocycles. The molecule has 5 nitrogen and oxygen atoms in total. The molecule has 2 aliphatic rings. The van der Waals surface area contributed by atoms with Crippen molar-refractivity contribution < 1.29 is 14.3 Å². The first-order chi connectivity index (χ1) is 11.2. The van der Waals surface area contributed by atoms with Crippen molar-refractivity contribution in [1.82, 2.24) is 10.2 Å². The highest BCUT2D eigenvalue weighted by Crippen LogP contribution is 2.33. The number of nitrogens with one attached hydrogen (secondary N) is 1. The fourth-order valence-corrected chi connectivity index (χ4v) is 3.07. The van der Waals surface area contributed by atoms with Crippen molar-refractivity contribution in [3.8, 4) is 11.5 Å². The summed E-state index contributed by atoms with van der Waals surface area (Å²) in [6.07, 6.45) is 3.61. The smallest absolute Gasteiger partial charge is 0.222 e. The van der Waals surface area contributed by atoms with Crippen molar-refractivity contribution in [1.29, 1.82) is 0 Å². The maximum absolute atomic E-state index is 11.6. The maximum atomic E-state index is 11.6. The molecule has 3 rings (SSSR count). The summed E-state index contributed by atoms with van der Waals surface area (Å²) in [5.74, 6) is 2.02. The molecule has 0 radical (unpaired) electrons. The Balaban J connectivity index is 1.51. The van der Waals surface area contributed by atoms with Crippen LogP contribution in [0, 0.1) is 0 Å². The van der Waals surface area contributed by atoms with Gasteiger partial charge in [0.25, 0.3) is 0 Å². The molecule has 2 heterocycles. The number of likely N-dealkylation sites (tertiary alicyclic amines) is 1. The van der Waals surface area contributed by atoms with Crippen molar-refractivity contribution >= 4 is 5.91 Å². The second kappa shape index (κ2) is 7.68. The Kier molecular flexibility index (Phi) is 5.39. The summed E-state index contributed by atoms with van der Waals surface area (Å²) >= 11 is 0. The normalized spacial score (nSPS) is 18.8. The van der Waals surface area contributed by atoms with Crippen molar-refractivity contribution in [2.45, 2.75) is 45.2 Å². The van der Waals surface area contributed by atoms with E-state index >= 15 is 0 Å². The summed E-state index contributed by atoms with van der Waals surface area (Å²) in [6, 6.07) is 6.41. The van der Waals surface area contributed by atoms with Gasteiger partial charge in [-0.3, -0.25) is 4.79 Å². The molecule has 1 amide bonds. The Hall–Kier alpha value is -1.75. The zero-order valence-electron chi connectivity index (χ0n) is 13.8. The average Bonchev–Trinajstić information content (AvgIpc) is 2.82. The summed E-state index contributed by atoms with van der Waals surface area (Å²) in [4.78, 5) is 13.6. The molecule has 0 aliphatic carbocycles. The lowest BCUT2D eigenvalue weighted by molar-refractivity contribution is -0.127. The minimum absolute atomic E-state index is 0.302. The molecule has 1 aromatic rings. The Morgan fingerprint density at radius 3 is 2.96 bits per heavy atom. The third-order valence-electron chi connectivity index (χ3n) is 4.50. The number of amides is 1. The van der Waals surface area contributed by atoms with Crippen LogP contribution in [0.3, 0.4) is 0 Å². The van der Waals surface area contributed by atoms with E-state index in [0.29, 0.717) is 25.2 Å². The van der Waals surface area contributed by atoms with Gasteiger partial charge in [0, 0.05) is 44.1 Å². The van der Waals surface area contributed by atoms with E-state index in [-0.39, 0.29) is 0 Å². The fraction of sp³-hybridized carbons (Fsp3) is 0.611. The van der Waals surface area contributed by atoms with Crippen LogP contribution >= 0.6 is 0 Å². The van der Waals surface area contributed by atoms with E-state index < -0.39 is 0 Å². The van der Waals surface area contributed by atoms with Crippen LogP contribution in [-0.2, 0) is 11.3 Å². The predicted octanol–water partition coefficient (Wildman–Crippen LogP) is 2.34. The number of para-hydroxylation sites is 1. The van der Waals surface area contributed by atoms with Gasteiger partial charge in [-0.25, -0.2) is 0 Å². The number of benzene rings is 1. The van der Waals surface area contributed by atoms with E-state index in [4.69, 9.17) is 9.47 Å². The predicted molar refractivity (Wildman–Crippen MR) is 88.8 cm³/mol. The van der Waals surface area contributed by atoms with E-state index in [2.05, 4.69) is 18.3 Å². The standard InChI is InChI=1S/C18H26N2O3/c1-14(8-10-20-9-3-7-17(20)21)19-13-15-5-2-6-16-18(15)23-12-4-11-22-16/h2,5-6,14,19H,3-4,7-13H2,1H3. The Morgan fingerprint density at radius 2 is 2.13 bits per heavy atom. The maximum Gasteiger partial charge on any atom is 0.222 e. The Labute approximate surface area is 137 Å². The molecule has 5 heteroatoms. The Bertz CT molecular complexity index is 547. The molecule has 0 spiro atoms. The van der Waals surface area contributed by atoms with Gasteiger partial charge in [0.05, 0.1) is 13.2 Å². The number of hydrogen-bond donors (Lipinski definition) is 1. The lowest BCUT2D eigenvalue weighted by Crippen LogP contribution is -2.33. The van der Waals surface area contributed by atoms with Gasteiger partial charge in [-0.1, -0.05) is 12.1 Å². The highest BCUT2D eigenvalue weighted by Gasteiger charge is 2.20. The van der Waals surface area contributed by atoms with Crippen LogP contribution in [0.5, 0.6) is 11.5 Å². The third-order valence-corrected chi connectivity index (χ3v) is 4.50. The minimum atomic E-state index is 0.302. The van der Waals surface area contributed by atoms with Crippen LogP contribution in [0.15, 0.2) is 18.2 Å². The van der Waals surface area contributed by atoms with Gasteiger partial charge in [-0.05, 0) is 25.8 Å². The monoisotopic (exact) mass is 318 g/mol. The van der Waals surface area contributed by atoms with Gasteiger partial charge in [-0.15, -0.1) is 0 Å². The summed E-state index contributed by atoms with van der Waals surface area (Å²) < 4.78 is 11.6. The number of nitrogens with zero attached hydrogens (tertiary/aromatic N) is 1. The van der Waals surface area contributed by atoms with E-state index in [1.165, 1.54) is 0 Å². The van der Waals surface area contributed by atoms with Gasteiger partial charge in [0.1, 0.15) is 0 Å². The summed E-state index contributed by atoms with van der Waals surface area (Å²) in [7, 11) is 0. The molecule has 0 saturated carbocycles. The fourth-order valence-electron chi connectivity index (χ4n) is 3.07. The first-order valence-corrected chi connectivity index (χ1v) is 8.62. The number of carbonyl (C=O) groups excluding carboxylic acids is 1. The van der Waals surface area contributed by atoms with Gasteiger partial charge in [0.15, 0.2) is 11.5 Å². The quantitative estimate of drug-likeness (QED) is 0.875. The van der Waals surface area contributed by atoms with Gasteiger partial charge in [-0.2, -0.15) is 0 Å². The van der Waals surface area contributed by atoms with E-state index in [9.17, 15) is 4.79 Å². The van der Waals surface area contributed by atoms with Gasteiger partial charge >= 0.3 is 0 Å². The number of hydrogen-bond acceptors (Lipinski definition) is 4. The molecule has 23 heavy (non-hydrogen) atoms. The molecule has 1 atom stereocenters. The molecule has 1 fully saturated rings. The number of fused-ring (bicyclic) bond motifs is 1. The lowest BCUT2D eigenvalue weighted by Gasteiger charge is -2.20. The largest absolute Gasteiger partial charge is 0.490 e. The number of ether oxygens (including phenoxy) is 2. The molecule has 1 unspecified atom stereocenters. The van der Waals surface area contributed by atoms with Crippen molar-refractivity contribution in [2.75, 3.05) is 26.3 Å². The van der Waals surface area contributed by atoms with E-state index in [1.807, 2.05) is 17.0 Å². The lowest BCUT2D eigenvalue weighted by atomic mass is 10.1. The first-order valence-electron chi connectivity index (χ1n) is 8.62. The number of rotatable bonds is 6. The molecule has 126 valence electrons. The van der Waals surface area contributed by atoms with Crippen molar-refractivity contribution in [3.63, 3.8) is 0 Å². The van der Waals surface area contributed by atoms with E-state index in [0.717, 1.165) is 62.4 Å². The van der Waals surface area contributed by atoms with Crippen LogP contribution in [-0.4, -0.2) is 43.2 Å². The third kappa shape index (κ3) is 4.16. The van der Waals surface area contributed by atoms with E-state index in [1.54, 1.807) is 0 Å². The first kappa shape index (κ1) is 16.1. The summed E-state index contributed by atoms with van der Waals surface area (Å²) in [6.45, 7) is 6.10. The van der Waals surface area contributed by atoms with Gasteiger partial charge < -0.3 is 19.7 Å². The molecule has 0 aromatic heterocycles.